The van der Waals surface area contributed by atoms with E-state index in [0.29, 0.717) is 43.7 Å². The minimum atomic E-state index is -0.263. The molecule has 0 bridgehead atoms. The Morgan fingerprint density at radius 1 is 1.04 bits per heavy atom. The molecule has 0 spiro atoms. The van der Waals surface area contributed by atoms with Crippen LogP contribution in [-0.2, 0) is 9.59 Å². The van der Waals surface area contributed by atoms with Crippen LogP contribution < -0.4 is 14.5 Å². The fourth-order valence-electron chi connectivity index (χ4n) is 3.04. The second kappa shape index (κ2) is 6.95. The van der Waals surface area contributed by atoms with Gasteiger partial charge in [0.15, 0.2) is 18.2 Å². The van der Waals surface area contributed by atoms with Gasteiger partial charge in [0.1, 0.15) is 6.54 Å². The summed E-state index contributed by atoms with van der Waals surface area (Å²) in [6.45, 7) is 2.32. The van der Waals surface area contributed by atoms with E-state index in [4.69, 9.17) is 4.74 Å². The van der Waals surface area contributed by atoms with Gasteiger partial charge in [-0.05, 0) is 18.2 Å². The maximum Gasteiger partial charge on any atom is 0.266 e. The highest BCUT2D eigenvalue weighted by Crippen LogP contribution is 2.28. The Bertz CT molecular complexity index is 807. The fourth-order valence-corrected chi connectivity index (χ4v) is 3.04. The lowest BCUT2D eigenvalue weighted by Gasteiger charge is -2.36. The van der Waals surface area contributed by atoms with E-state index in [2.05, 4.69) is 15.0 Å². The van der Waals surface area contributed by atoms with Crippen LogP contribution >= 0.6 is 0 Å². The number of nitrogens with zero attached hydrogens (tertiary/aromatic N) is 6. The van der Waals surface area contributed by atoms with Crippen molar-refractivity contribution in [1.29, 1.82) is 0 Å². The summed E-state index contributed by atoms with van der Waals surface area (Å²) in [6.07, 6.45) is 4.99. The summed E-state index contributed by atoms with van der Waals surface area (Å²) in [4.78, 5) is 42.7. The van der Waals surface area contributed by atoms with Crippen LogP contribution in [0.25, 0.3) is 0 Å². The lowest BCUT2D eigenvalue weighted by atomic mass is 10.3. The van der Waals surface area contributed by atoms with Gasteiger partial charge in [-0.1, -0.05) is 0 Å². The van der Waals surface area contributed by atoms with Gasteiger partial charge in [0.2, 0.25) is 11.9 Å². The lowest BCUT2D eigenvalue weighted by molar-refractivity contribution is -0.132. The van der Waals surface area contributed by atoms with E-state index in [1.54, 1.807) is 41.7 Å². The highest BCUT2D eigenvalue weighted by Gasteiger charge is 2.31. The average Bonchev–Trinajstić information content (AvgIpc) is 2.71. The normalized spacial score (nSPS) is 16.9. The minimum Gasteiger partial charge on any atom is -0.480 e. The Hall–Kier alpha value is -3.23. The molecule has 0 N–H and O–H groups in total. The molecule has 26 heavy (non-hydrogen) atoms. The molecule has 1 saturated heterocycles. The van der Waals surface area contributed by atoms with Crippen molar-refractivity contribution in [2.24, 2.45) is 0 Å². The number of carbonyl (C=O) groups is 2. The first-order valence-electron chi connectivity index (χ1n) is 8.40. The third-order valence-corrected chi connectivity index (χ3v) is 4.42. The summed E-state index contributed by atoms with van der Waals surface area (Å²) < 4.78 is 5.36. The van der Waals surface area contributed by atoms with Gasteiger partial charge in [-0.2, -0.15) is 0 Å². The monoisotopic (exact) mass is 354 g/mol. The Balaban J connectivity index is 1.40. The molecule has 2 aromatic heterocycles. The number of anilines is 2. The van der Waals surface area contributed by atoms with Gasteiger partial charge in [-0.3, -0.25) is 14.5 Å². The zero-order chi connectivity index (χ0) is 17.9. The van der Waals surface area contributed by atoms with Crippen molar-refractivity contribution >= 4 is 23.6 Å². The summed E-state index contributed by atoms with van der Waals surface area (Å²) in [5.41, 5.74) is 0. The summed E-state index contributed by atoms with van der Waals surface area (Å²) in [6, 6.07) is 5.25. The topological polar surface area (TPSA) is 91.8 Å². The molecule has 1 fully saturated rings. The Morgan fingerprint density at radius 3 is 2.54 bits per heavy atom. The summed E-state index contributed by atoms with van der Waals surface area (Å²) in [5, 5.41) is 0. The number of fused-ring (bicyclic) bond motifs is 1. The number of ether oxygens (including phenoxy) is 1. The fraction of sp³-hybridized carbons (Fsp3) is 0.353. The van der Waals surface area contributed by atoms with Gasteiger partial charge in [0.25, 0.3) is 5.91 Å². The highest BCUT2D eigenvalue weighted by atomic mass is 16.5. The maximum atomic E-state index is 12.7. The average molecular weight is 354 g/mol. The number of hydrogen-bond donors (Lipinski definition) is 0. The van der Waals surface area contributed by atoms with Crippen molar-refractivity contribution in [2.75, 3.05) is 49.1 Å². The Morgan fingerprint density at radius 2 is 1.77 bits per heavy atom. The number of hydrogen-bond acceptors (Lipinski definition) is 7. The van der Waals surface area contributed by atoms with E-state index in [1.807, 2.05) is 4.90 Å². The van der Waals surface area contributed by atoms with E-state index in [1.165, 1.54) is 4.90 Å². The van der Waals surface area contributed by atoms with Crippen molar-refractivity contribution < 1.29 is 14.3 Å². The molecule has 0 unspecified atom stereocenters. The molecule has 4 rings (SSSR count). The second-order valence-electron chi connectivity index (χ2n) is 6.01. The predicted octanol–water partition coefficient (Wildman–Crippen LogP) is -0.0542. The Kier molecular flexibility index (Phi) is 4.34. The lowest BCUT2D eigenvalue weighted by Crippen LogP contribution is -2.53. The van der Waals surface area contributed by atoms with Crippen molar-refractivity contribution in [2.45, 2.75) is 0 Å². The van der Waals surface area contributed by atoms with Crippen LogP contribution in [0, 0.1) is 0 Å². The molecule has 0 aromatic carbocycles. The second-order valence-corrected chi connectivity index (χ2v) is 6.01. The standard InChI is InChI=1S/C17H18N6O3/c24-14(11-23-15(25)12-26-13-3-1-4-18-16(13)23)21-7-9-22(10-8-21)17-19-5-2-6-20-17/h1-6H,7-12H2. The first-order valence-corrected chi connectivity index (χ1v) is 8.40. The van der Waals surface area contributed by atoms with E-state index < -0.39 is 0 Å². The molecule has 2 aromatic rings. The van der Waals surface area contributed by atoms with Crippen molar-refractivity contribution in [1.82, 2.24) is 19.9 Å². The quantitative estimate of drug-likeness (QED) is 0.763. The van der Waals surface area contributed by atoms with Crippen LogP contribution in [-0.4, -0.2) is 71.0 Å². The van der Waals surface area contributed by atoms with Crippen molar-refractivity contribution in [3.05, 3.63) is 36.8 Å². The first kappa shape index (κ1) is 16.2. The number of piperazine rings is 1. The van der Waals surface area contributed by atoms with Crippen LogP contribution in [0.5, 0.6) is 5.75 Å². The molecule has 2 amide bonds. The van der Waals surface area contributed by atoms with E-state index in [9.17, 15) is 9.59 Å². The van der Waals surface area contributed by atoms with Crippen LogP contribution in [0.2, 0.25) is 0 Å². The molecule has 0 atom stereocenters. The molecular weight excluding hydrogens is 336 g/mol. The van der Waals surface area contributed by atoms with Crippen LogP contribution in [0.3, 0.4) is 0 Å². The number of pyridine rings is 1. The van der Waals surface area contributed by atoms with Gasteiger partial charge in [-0.15, -0.1) is 0 Å². The summed E-state index contributed by atoms with van der Waals surface area (Å²) in [5.74, 6) is 1.21. The van der Waals surface area contributed by atoms with Crippen molar-refractivity contribution in [3.8, 4) is 5.75 Å². The van der Waals surface area contributed by atoms with Gasteiger partial charge in [0.05, 0.1) is 0 Å². The van der Waals surface area contributed by atoms with Crippen LogP contribution in [0.1, 0.15) is 0 Å². The molecular formula is C17H18N6O3. The van der Waals surface area contributed by atoms with Crippen LogP contribution in [0.15, 0.2) is 36.8 Å². The SMILES string of the molecule is O=C(CN1C(=O)COc2cccnc21)N1CCN(c2ncccn2)CC1. The number of rotatable bonds is 3. The van der Waals surface area contributed by atoms with Gasteiger partial charge < -0.3 is 14.5 Å². The highest BCUT2D eigenvalue weighted by molar-refractivity contribution is 6.01. The zero-order valence-electron chi connectivity index (χ0n) is 14.1. The number of amides is 2. The Labute approximate surface area is 150 Å². The summed E-state index contributed by atoms with van der Waals surface area (Å²) in [7, 11) is 0. The first-order chi connectivity index (χ1) is 12.7. The van der Waals surface area contributed by atoms with Crippen molar-refractivity contribution in [3.63, 3.8) is 0 Å². The third-order valence-electron chi connectivity index (χ3n) is 4.42. The van der Waals surface area contributed by atoms with E-state index >= 15 is 0 Å². The molecule has 9 nitrogen and oxygen atoms in total. The molecule has 2 aliphatic heterocycles. The molecule has 2 aliphatic rings. The zero-order valence-corrected chi connectivity index (χ0v) is 14.1. The summed E-state index contributed by atoms with van der Waals surface area (Å²) >= 11 is 0. The molecule has 134 valence electrons. The smallest absolute Gasteiger partial charge is 0.266 e. The molecule has 0 saturated carbocycles. The van der Waals surface area contributed by atoms with Crippen LogP contribution in [0.4, 0.5) is 11.8 Å². The maximum absolute atomic E-state index is 12.7. The van der Waals surface area contributed by atoms with Gasteiger partial charge in [0, 0.05) is 44.8 Å². The molecule has 0 aliphatic carbocycles. The molecule has 9 heteroatoms. The third kappa shape index (κ3) is 3.15. The molecule has 0 radical (unpaired) electrons. The number of aromatic nitrogens is 3. The van der Waals surface area contributed by atoms with E-state index in [0.717, 1.165) is 0 Å². The van der Waals surface area contributed by atoms with Gasteiger partial charge in [-0.25, -0.2) is 15.0 Å². The van der Waals surface area contributed by atoms with E-state index in [-0.39, 0.29) is 25.0 Å². The number of carbonyl (C=O) groups excluding carboxylic acids is 2. The molecule has 4 heterocycles. The largest absolute Gasteiger partial charge is 0.480 e. The predicted molar refractivity (Wildman–Crippen MR) is 92.9 cm³/mol. The van der Waals surface area contributed by atoms with Gasteiger partial charge >= 0.3 is 0 Å². The minimum absolute atomic E-state index is 0.0337.